The first kappa shape index (κ1) is 16.1. The quantitative estimate of drug-likeness (QED) is 0.580. The predicted molar refractivity (Wildman–Crippen MR) is 93.9 cm³/mol. The first-order chi connectivity index (χ1) is 11.2. The Kier molecular flexibility index (Phi) is 5.08. The summed E-state index contributed by atoms with van der Waals surface area (Å²) in [5.74, 6) is 1.70. The summed E-state index contributed by atoms with van der Waals surface area (Å²) in [6, 6.07) is 11.5. The van der Waals surface area contributed by atoms with Crippen LogP contribution in [0, 0.1) is 0 Å². The van der Waals surface area contributed by atoms with Crippen LogP contribution in [0.3, 0.4) is 0 Å². The lowest BCUT2D eigenvalue weighted by Crippen LogP contribution is -2.05. The molecule has 1 atom stereocenters. The van der Waals surface area contributed by atoms with Gasteiger partial charge in [-0.05, 0) is 42.8 Å². The highest BCUT2D eigenvalue weighted by Gasteiger charge is 2.17. The van der Waals surface area contributed by atoms with E-state index in [-0.39, 0.29) is 0 Å². The predicted octanol–water partition coefficient (Wildman–Crippen LogP) is 5.13. The van der Waals surface area contributed by atoms with Crippen LogP contribution in [0.2, 0.25) is 5.02 Å². The molecule has 0 radical (unpaired) electrons. The van der Waals surface area contributed by atoms with E-state index in [0.29, 0.717) is 16.8 Å². The molecule has 0 bridgehead atoms. The van der Waals surface area contributed by atoms with Crippen molar-refractivity contribution in [1.29, 1.82) is 0 Å². The number of aromatic nitrogens is 3. The molecule has 0 saturated carbocycles. The van der Waals surface area contributed by atoms with Crippen molar-refractivity contribution in [2.75, 3.05) is 0 Å². The fourth-order valence-electron chi connectivity index (χ4n) is 2.15. The minimum Gasteiger partial charge on any atom is -0.467 e. The van der Waals surface area contributed by atoms with Crippen LogP contribution >= 0.6 is 23.4 Å². The van der Waals surface area contributed by atoms with Crippen LogP contribution in [0.4, 0.5) is 0 Å². The van der Waals surface area contributed by atoms with Crippen LogP contribution < -0.4 is 0 Å². The Balaban J connectivity index is 1.99. The van der Waals surface area contributed by atoms with Gasteiger partial charge in [-0.1, -0.05) is 37.2 Å². The normalized spacial score (nSPS) is 12.5. The highest BCUT2D eigenvalue weighted by molar-refractivity contribution is 7.99. The number of nitrogens with zero attached hydrogens (tertiary/aromatic N) is 3. The van der Waals surface area contributed by atoms with Gasteiger partial charge >= 0.3 is 0 Å². The molecule has 0 fully saturated rings. The summed E-state index contributed by atoms with van der Waals surface area (Å²) in [5, 5.41) is 10.9. The summed E-state index contributed by atoms with van der Waals surface area (Å²) < 4.78 is 7.59. The smallest absolute Gasteiger partial charge is 0.192 e. The number of furan rings is 1. The molecule has 1 unspecified atom stereocenters. The lowest BCUT2D eigenvalue weighted by atomic mass is 10.2. The molecule has 6 heteroatoms. The molecule has 23 heavy (non-hydrogen) atoms. The van der Waals surface area contributed by atoms with E-state index in [0.717, 1.165) is 28.7 Å². The highest BCUT2D eigenvalue weighted by Crippen LogP contribution is 2.29. The topological polar surface area (TPSA) is 43.9 Å². The van der Waals surface area contributed by atoms with Crippen molar-refractivity contribution >= 4 is 23.4 Å². The van der Waals surface area contributed by atoms with Gasteiger partial charge in [0, 0.05) is 15.8 Å². The number of hydrogen-bond acceptors (Lipinski definition) is 4. The second kappa shape index (κ2) is 7.23. The number of halogens is 1. The van der Waals surface area contributed by atoms with Gasteiger partial charge in [0.15, 0.2) is 11.0 Å². The molecule has 0 saturated heterocycles. The van der Waals surface area contributed by atoms with Crippen LogP contribution in [0.1, 0.15) is 26.0 Å². The molecule has 3 aromatic rings. The van der Waals surface area contributed by atoms with E-state index in [1.54, 1.807) is 18.0 Å². The second-order valence-electron chi connectivity index (χ2n) is 5.32. The molecule has 4 nitrogen and oxygen atoms in total. The van der Waals surface area contributed by atoms with Crippen LogP contribution in [-0.4, -0.2) is 20.0 Å². The summed E-state index contributed by atoms with van der Waals surface area (Å²) >= 11 is 7.72. The molecule has 0 N–H and O–H groups in total. The van der Waals surface area contributed by atoms with Gasteiger partial charge in [-0.25, -0.2) is 0 Å². The molecular weight excluding hydrogens is 330 g/mol. The second-order valence-corrected chi connectivity index (χ2v) is 7.16. The standard InChI is InChI=1S/C17H18ClN3OS/c1-3-12(2)23-17-20-19-16(13-6-8-14(18)9-7-13)21(17)11-15-5-4-10-22-15/h4-10,12H,3,11H2,1-2H3. The van der Waals surface area contributed by atoms with Gasteiger partial charge in [0.05, 0.1) is 12.8 Å². The van der Waals surface area contributed by atoms with E-state index in [2.05, 4.69) is 28.6 Å². The minimum atomic E-state index is 0.479. The van der Waals surface area contributed by atoms with Crippen LogP contribution in [0.25, 0.3) is 11.4 Å². The molecule has 0 aliphatic carbocycles. The van der Waals surface area contributed by atoms with Gasteiger partial charge in [0.2, 0.25) is 0 Å². The Labute approximate surface area is 144 Å². The summed E-state index contributed by atoms with van der Waals surface area (Å²) in [7, 11) is 0. The number of hydrogen-bond donors (Lipinski definition) is 0. The lowest BCUT2D eigenvalue weighted by molar-refractivity contribution is 0.485. The fraction of sp³-hybridized carbons (Fsp3) is 0.294. The summed E-state index contributed by atoms with van der Waals surface area (Å²) in [6.07, 6.45) is 2.76. The first-order valence-corrected chi connectivity index (χ1v) is 8.81. The number of rotatable bonds is 6. The molecule has 2 heterocycles. The molecule has 0 aliphatic rings. The monoisotopic (exact) mass is 347 g/mol. The maximum Gasteiger partial charge on any atom is 0.192 e. The Morgan fingerprint density at radius 1 is 1.22 bits per heavy atom. The van der Waals surface area contributed by atoms with Crippen LogP contribution in [-0.2, 0) is 6.54 Å². The molecule has 2 aromatic heterocycles. The van der Waals surface area contributed by atoms with Gasteiger partial charge in [-0.15, -0.1) is 10.2 Å². The third kappa shape index (κ3) is 3.79. The average molecular weight is 348 g/mol. The van der Waals surface area contributed by atoms with E-state index < -0.39 is 0 Å². The van der Waals surface area contributed by atoms with Crippen molar-refractivity contribution in [3.05, 3.63) is 53.4 Å². The zero-order valence-electron chi connectivity index (χ0n) is 13.1. The van der Waals surface area contributed by atoms with Crippen LogP contribution in [0.5, 0.6) is 0 Å². The highest BCUT2D eigenvalue weighted by atomic mass is 35.5. The van der Waals surface area contributed by atoms with Gasteiger partial charge in [0.25, 0.3) is 0 Å². The summed E-state index contributed by atoms with van der Waals surface area (Å²) in [5.41, 5.74) is 0.990. The van der Waals surface area contributed by atoms with E-state index >= 15 is 0 Å². The third-order valence-electron chi connectivity index (χ3n) is 3.59. The molecule has 0 spiro atoms. The van der Waals surface area contributed by atoms with Crippen molar-refractivity contribution in [1.82, 2.24) is 14.8 Å². The summed E-state index contributed by atoms with van der Waals surface area (Å²) in [4.78, 5) is 0. The maximum absolute atomic E-state index is 5.98. The Morgan fingerprint density at radius 3 is 2.65 bits per heavy atom. The third-order valence-corrected chi connectivity index (χ3v) is 5.10. The molecule has 3 rings (SSSR count). The summed E-state index contributed by atoms with van der Waals surface area (Å²) in [6.45, 7) is 4.97. The Bertz CT molecular complexity index is 753. The van der Waals surface area contributed by atoms with E-state index in [1.807, 2.05) is 36.4 Å². The van der Waals surface area contributed by atoms with Crippen LogP contribution in [0.15, 0.2) is 52.2 Å². The number of thioether (sulfide) groups is 1. The van der Waals surface area contributed by atoms with Crippen molar-refractivity contribution in [2.24, 2.45) is 0 Å². The maximum atomic E-state index is 5.98. The van der Waals surface area contributed by atoms with Crippen molar-refractivity contribution < 1.29 is 4.42 Å². The lowest BCUT2D eigenvalue weighted by Gasteiger charge is -2.11. The van der Waals surface area contributed by atoms with E-state index in [1.165, 1.54) is 0 Å². The van der Waals surface area contributed by atoms with Gasteiger partial charge in [-0.3, -0.25) is 4.57 Å². The molecule has 0 aliphatic heterocycles. The zero-order valence-corrected chi connectivity index (χ0v) is 14.6. The first-order valence-electron chi connectivity index (χ1n) is 7.55. The zero-order chi connectivity index (χ0) is 16.2. The Morgan fingerprint density at radius 2 is 2.00 bits per heavy atom. The fourth-order valence-corrected chi connectivity index (χ4v) is 3.17. The number of benzene rings is 1. The van der Waals surface area contributed by atoms with Gasteiger partial charge in [-0.2, -0.15) is 0 Å². The molecule has 120 valence electrons. The largest absolute Gasteiger partial charge is 0.467 e. The minimum absolute atomic E-state index is 0.479. The van der Waals surface area contributed by atoms with Gasteiger partial charge in [0.1, 0.15) is 5.76 Å². The Hall–Kier alpha value is -1.72. The molecular formula is C17H18ClN3OS. The van der Waals surface area contributed by atoms with E-state index in [4.69, 9.17) is 16.0 Å². The van der Waals surface area contributed by atoms with Crippen molar-refractivity contribution in [3.63, 3.8) is 0 Å². The molecule has 0 amide bonds. The molecule has 1 aromatic carbocycles. The van der Waals surface area contributed by atoms with E-state index in [9.17, 15) is 0 Å². The van der Waals surface area contributed by atoms with Crippen molar-refractivity contribution in [2.45, 2.75) is 37.2 Å². The SMILES string of the molecule is CCC(C)Sc1nnc(-c2ccc(Cl)cc2)n1Cc1ccco1. The van der Waals surface area contributed by atoms with Gasteiger partial charge < -0.3 is 4.42 Å². The van der Waals surface area contributed by atoms with Crippen molar-refractivity contribution in [3.8, 4) is 11.4 Å². The average Bonchev–Trinajstić information content (AvgIpc) is 3.20.